The second-order valence-corrected chi connectivity index (χ2v) is 4.60. The van der Waals surface area contributed by atoms with Gasteiger partial charge in [0.2, 0.25) is 0 Å². The third-order valence-electron chi connectivity index (χ3n) is 3.68. The molecule has 1 aromatic rings. The lowest BCUT2D eigenvalue weighted by molar-refractivity contribution is 0.316. The fourth-order valence-corrected chi connectivity index (χ4v) is 2.66. The molecule has 1 aliphatic rings. The van der Waals surface area contributed by atoms with Crippen LogP contribution in [0.3, 0.4) is 0 Å². The Kier molecular flexibility index (Phi) is 3.23. The molecule has 0 N–H and O–H groups in total. The van der Waals surface area contributed by atoms with Gasteiger partial charge >= 0.3 is 0 Å². The van der Waals surface area contributed by atoms with Gasteiger partial charge in [-0.2, -0.15) is 0 Å². The van der Waals surface area contributed by atoms with Gasteiger partial charge in [-0.05, 0) is 30.2 Å². The van der Waals surface area contributed by atoms with Crippen LogP contribution in [0.15, 0.2) is 30.3 Å². The zero-order valence-corrected chi connectivity index (χ0v) is 9.08. The van der Waals surface area contributed by atoms with E-state index in [9.17, 15) is 0 Å². The Bertz CT molecular complexity index is 257. The number of benzene rings is 1. The second-order valence-electron chi connectivity index (χ2n) is 4.60. The summed E-state index contributed by atoms with van der Waals surface area (Å²) in [4.78, 5) is 0. The summed E-state index contributed by atoms with van der Waals surface area (Å²) in [6.07, 6.45) is 7.23. The first kappa shape index (κ1) is 9.76. The third kappa shape index (κ3) is 2.17. The van der Waals surface area contributed by atoms with Crippen LogP contribution >= 0.6 is 0 Å². The topological polar surface area (TPSA) is 0 Å². The lowest BCUT2D eigenvalue weighted by Gasteiger charge is -2.27. The van der Waals surface area contributed by atoms with Gasteiger partial charge in [-0.1, -0.05) is 56.5 Å². The summed E-state index contributed by atoms with van der Waals surface area (Å²) < 4.78 is 0. The molecule has 0 amide bonds. The van der Waals surface area contributed by atoms with Crippen molar-refractivity contribution in [2.75, 3.05) is 0 Å². The number of hydrogen-bond acceptors (Lipinski definition) is 0. The summed E-state index contributed by atoms with van der Waals surface area (Å²) in [5, 5.41) is 0. The average Bonchev–Trinajstić information content (AvgIpc) is 2.30. The lowest BCUT2D eigenvalue weighted by atomic mass is 9.78. The van der Waals surface area contributed by atoms with E-state index < -0.39 is 0 Å². The van der Waals surface area contributed by atoms with Crippen molar-refractivity contribution in [3.63, 3.8) is 0 Å². The van der Waals surface area contributed by atoms with E-state index in [1.807, 2.05) is 0 Å². The van der Waals surface area contributed by atoms with Gasteiger partial charge in [-0.25, -0.2) is 0 Å². The molecule has 1 aromatic carbocycles. The zero-order chi connectivity index (χ0) is 9.80. The summed E-state index contributed by atoms with van der Waals surface area (Å²) in [5.41, 5.74) is 1.53. The van der Waals surface area contributed by atoms with Gasteiger partial charge in [0, 0.05) is 0 Å². The van der Waals surface area contributed by atoms with Crippen molar-refractivity contribution in [3.05, 3.63) is 35.9 Å². The third-order valence-corrected chi connectivity index (χ3v) is 3.68. The lowest BCUT2D eigenvalue weighted by Crippen LogP contribution is -2.13. The molecule has 1 saturated carbocycles. The van der Waals surface area contributed by atoms with Crippen molar-refractivity contribution >= 4 is 0 Å². The van der Waals surface area contributed by atoms with E-state index in [2.05, 4.69) is 37.3 Å². The summed E-state index contributed by atoms with van der Waals surface area (Å²) in [6.45, 7) is 2.39. The molecule has 14 heavy (non-hydrogen) atoms. The Labute approximate surface area is 87.3 Å². The molecule has 1 aliphatic carbocycles. The maximum atomic E-state index is 2.39. The van der Waals surface area contributed by atoms with Crippen molar-refractivity contribution in [2.45, 2.75) is 44.9 Å². The van der Waals surface area contributed by atoms with Crippen LogP contribution < -0.4 is 0 Å². The minimum absolute atomic E-state index is 0.761. The first-order valence-corrected chi connectivity index (χ1v) is 5.93. The molecule has 0 heterocycles. The molecule has 0 heteroatoms. The Balaban J connectivity index is 2.03. The maximum Gasteiger partial charge on any atom is -0.0162 e. The van der Waals surface area contributed by atoms with Gasteiger partial charge in [0.25, 0.3) is 0 Å². The molecule has 2 rings (SSSR count). The molecule has 1 atom stereocenters. The van der Waals surface area contributed by atoms with Gasteiger partial charge in [0.15, 0.2) is 0 Å². The minimum atomic E-state index is 0.761. The normalized spacial score (nSPS) is 20.6. The standard InChI is InChI=1S/C14H20/c1-12(13-8-4-2-5-9-13)14-10-6-3-7-11-14/h2,4-5,8-9,12,14H,3,6-7,10-11H2,1H3/t12-/m0/s1. The second kappa shape index (κ2) is 4.63. The molecule has 1 fully saturated rings. The van der Waals surface area contributed by atoms with Gasteiger partial charge in [-0.15, -0.1) is 0 Å². The highest BCUT2D eigenvalue weighted by Gasteiger charge is 2.20. The van der Waals surface area contributed by atoms with Crippen molar-refractivity contribution in [3.8, 4) is 0 Å². The molecule has 76 valence electrons. The molecule has 0 unspecified atom stereocenters. The molecular formula is C14H20. The molecule has 0 aliphatic heterocycles. The zero-order valence-electron chi connectivity index (χ0n) is 9.08. The van der Waals surface area contributed by atoms with Crippen LogP contribution in [0.2, 0.25) is 0 Å². The Morgan fingerprint density at radius 1 is 1.00 bits per heavy atom. The smallest absolute Gasteiger partial charge is 0.0162 e. The summed E-state index contributed by atoms with van der Waals surface area (Å²) in [7, 11) is 0. The molecule has 0 bridgehead atoms. The number of rotatable bonds is 2. The molecule has 0 radical (unpaired) electrons. The molecule has 0 saturated heterocycles. The van der Waals surface area contributed by atoms with Crippen molar-refractivity contribution in [1.29, 1.82) is 0 Å². The Hall–Kier alpha value is -0.780. The monoisotopic (exact) mass is 188 g/mol. The van der Waals surface area contributed by atoms with Gasteiger partial charge in [0.1, 0.15) is 0 Å². The SMILES string of the molecule is C[C@@H](c1ccccc1)C1CCCCC1. The van der Waals surface area contributed by atoms with Crippen LogP contribution in [0.1, 0.15) is 50.5 Å². The van der Waals surface area contributed by atoms with Crippen LogP contribution in [0.5, 0.6) is 0 Å². The number of hydrogen-bond donors (Lipinski definition) is 0. The van der Waals surface area contributed by atoms with Gasteiger partial charge < -0.3 is 0 Å². The highest BCUT2D eigenvalue weighted by Crippen LogP contribution is 2.35. The Morgan fingerprint density at radius 3 is 2.29 bits per heavy atom. The van der Waals surface area contributed by atoms with E-state index in [0.717, 1.165) is 11.8 Å². The average molecular weight is 188 g/mol. The van der Waals surface area contributed by atoms with E-state index in [0.29, 0.717) is 0 Å². The molecule has 0 nitrogen and oxygen atoms in total. The van der Waals surface area contributed by atoms with Crippen molar-refractivity contribution < 1.29 is 0 Å². The summed E-state index contributed by atoms with van der Waals surface area (Å²) in [6, 6.07) is 11.0. The first-order valence-electron chi connectivity index (χ1n) is 5.93. The van der Waals surface area contributed by atoms with Crippen LogP contribution in [0.4, 0.5) is 0 Å². The highest BCUT2D eigenvalue weighted by atomic mass is 14.3. The summed E-state index contributed by atoms with van der Waals surface area (Å²) >= 11 is 0. The first-order chi connectivity index (χ1) is 6.88. The molecule has 0 spiro atoms. The van der Waals surface area contributed by atoms with Crippen molar-refractivity contribution in [2.24, 2.45) is 5.92 Å². The van der Waals surface area contributed by atoms with E-state index in [4.69, 9.17) is 0 Å². The van der Waals surface area contributed by atoms with Crippen LogP contribution in [-0.4, -0.2) is 0 Å². The van der Waals surface area contributed by atoms with Crippen LogP contribution in [0, 0.1) is 5.92 Å². The van der Waals surface area contributed by atoms with Crippen LogP contribution in [-0.2, 0) is 0 Å². The van der Waals surface area contributed by atoms with Gasteiger partial charge in [-0.3, -0.25) is 0 Å². The fraction of sp³-hybridized carbons (Fsp3) is 0.571. The minimum Gasteiger partial charge on any atom is -0.0622 e. The van der Waals surface area contributed by atoms with E-state index in [1.54, 1.807) is 0 Å². The van der Waals surface area contributed by atoms with Crippen molar-refractivity contribution in [1.82, 2.24) is 0 Å². The largest absolute Gasteiger partial charge is 0.0622 e. The summed E-state index contributed by atoms with van der Waals surface area (Å²) in [5.74, 6) is 1.70. The van der Waals surface area contributed by atoms with E-state index in [1.165, 1.54) is 37.7 Å². The fourth-order valence-electron chi connectivity index (χ4n) is 2.66. The van der Waals surface area contributed by atoms with Crippen LogP contribution in [0.25, 0.3) is 0 Å². The highest BCUT2D eigenvalue weighted by molar-refractivity contribution is 5.19. The predicted molar refractivity (Wildman–Crippen MR) is 61.4 cm³/mol. The maximum absolute atomic E-state index is 2.39. The Morgan fingerprint density at radius 2 is 1.64 bits per heavy atom. The quantitative estimate of drug-likeness (QED) is 0.646. The molecular weight excluding hydrogens is 168 g/mol. The van der Waals surface area contributed by atoms with E-state index >= 15 is 0 Å². The molecule has 0 aromatic heterocycles. The van der Waals surface area contributed by atoms with Gasteiger partial charge in [0.05, 0.1) is 0 Å². The van der Waals surface area contributed by atoms with E-state index in [-0.39, 0.29) is 0 Å². The predicted octanol–water partition coefficient (Wildman–Crippen LogP) is 4.37.